The molecule has 1 aromatic carbocycles. The summed E-state index contributed by atoms with van der Waals surface area (Å²) in [6, 6.07) is 11.0. The fraction of sp³-hybridized carbons (Fsp3) is 0.500. The van der Waals surface area contributed by atoms with Gasteiger partial charge in [-0.1, -0.05) is 49.6 Å². The minimum atomic E-state index is -0.388. The molecule has 4 rings (SSSR count). The van der Waals surface area contributed by atoms with Gasteiger partial charge in [-0.05, 0) is 24.3 Å². The molecule has 0 radical (unpaired) electrons. The molecule has 1 aliphatic carbocycles. The molecule has 2 aromatic rings. The van der Waals surface area contributed by atoms with Gasteiger partial charge in [0.1, 0.15) is 12.4 Å². The van der Waals surface area contributed by atoms with Crippen molar-refractivity contribution >= 4 is 11.9 Å². The summed E-state index contributed by atoms with van der Waals surface area (Å²) >= 11 is 0. The molecule has 31 heavy (non-hydrogen) atoms. The van der Waals surface area contributed by atoms with Gasteiger partial charge in [-0.2, -0.15) is 0 Å². The summed E-state index contributed by atoms with van der Waals surface area (Å²) in [6.07, 6.45) is 7.44. The smallest absolute Gasteiger partial charge is 0.410 e. The van der Waals surface area contributed by atoms with Gasteiger partial charge in [-0.25, -0.2) is 14.2 Å². The average Bonchev–Trinajstić information content (AvgIpc) is 2.83. The number of benzene rings is 1. The summed E-state index contributed by atoms with van der Waals surface area (Å²) in [4.78, 5) is 20.1. The molecule has 166 valence electrons. The highest BCUT2D eigenvalue weighted by molar-refractivity contribution is 5.68. The van der Waals surface area contributed by atoms with Crippen LogP contribution in [0.1, 0.15) is 37.7 Å². The summed E-state index contributed by atoms with van der Waals surface area (Å²) in [6.45, 7) is 2.82. The van der Waals surface area contributed by atoms with Gasteiger partial charge >= 0.3 is 6.09 Å². The van der Waals surface area contributed by atoms with Crippen molar-refractivity contribution in [3.8, 4) is 5.75 Å². The Morgan fingerprint density at radius 3 is 2.52 bits per heavy atom. The Kier molecular flexibility index (Phi) is 7.22. The Hall–Kier alpha value is -2.83. The van der Waals surface area contributed by atoms with E-state index in [1.807, 2.05) is 35.2 Å². The Bertz CT molecular complexity index is 850. The Morgan fingerprint density at radius 1 is 1.06 bits per heavy atom. The van der Waals surface area contributed by atoms with E-state index in [0.717, 1.165) is 5.56 Å². The highest BCUT2D eigenvalue weighted by Gasteiger charge is 2.25. The SMILES string of the molecule is O=C(OCc1ccccc1)N1CCN(c2ncc(OCC3CCCCC3)cc2F)CC1. The predicted molar refractivity (Wildman–Crippen MR) is 117 cm³/mol. The van der Waals surface area contributed by atoms with Crippen molar-refractivity contribution in [2.45, 2.75) is 38.7 Å². The monoisotopic (exact) mass is 427 g/mol. The molecule has 1 aliphatic heterocycles. The van der Waals surface area contributed by atoms with Crippen molar-refractivity contribution < 1.29 is 18.7 Å². The van der Waals surface area contributed by atoms with Crippen molar-refractivity contribution in [1.82, 2.24) is 9.88 Å². The summed E-state index contributed by atoms with van der Waals surface area (Å²) in [5.41, 5.74) is 0.951. The van der Waals surface area contributed by atoms with E-state index in [4.69, 9.17) is 9.47 Å². The normalized spacial score (nSPS) is 17.5. The molecule has 0 spiro atoms. The van der Waals surface area contributed by atoms with Crippen LogP contribution in [0.25, 0.3) is 0 Å². The van der Waals surface area contributed by atoms with Crippen LogP contribution in [0, 0.1) is 11.7 Å². The van der Waals surface area contributed by atoms with E-state index in [-0.39, 0.29) is 18.5 Å². The van der Waals surface area contributed by atoms with Crippen LogP contribution >= 0.6 is 0 Å². The van der Waals surface area contributed by atoms with Gasteiger partial charge in [-0.15, -0.1) is 0 Å². The van der Waals surface area contributed by atoms with Crippen LogP contribution in [0.4, 0.5) is 15.0 Å². The molecular weight excluding hydrogens is 397 g/mol. The Morgan fingerprint density at radius 2 is 1.81 bits per heavy atom. The standard InChI is InChI=1S/C24H30FN3O3/c25-22-15-21(30-17-19-7-3-1-4-8-19)16-26-23(22)27-11-13-28(14-12-27)24(29)31-18-20-9-5-2-6-10-20/h2,5-6,9-10,15-16,19H,1,3-4,7-8,11-14,17-18H2. The van der Waals surface area contributed by atoms with E-state index in [9.17, 15) is 9.18 Å². The van der Waals surface area contributed by atoms with Gasteiger partial charge in [0, 0.05) is 32.2 Å². The van der Waals surface area contributed by atoms with Crippen molar-refractivity contribution in [3.05, 3.63) is 54.0 Å². The minimum Gasteiger partial charge on any atom is -0.492 e. The van der Waals surface area contributed by atoms with Gasteiger partial charge in [0.2, 0.25) is 0 Å². The van der Waals surface area contributed by atoms with Crippen LogP contribution in [0.2, 0.25) is 0 Å². The first kappa shape index (κ1) is 21.4. The summed E-state index contributed by atoms with van der Waals surface area (Å²) < 4.78 is 25.9. The lowest BCUT2D eigenvalue weighted by Gasteiger charge is -2.34. The number of nitrogens with zero attached hydrogens (tertiary/aromatic N) is 3. The van der Waals surface area contributed by atoms with Gasteiger partial charge in [0.15, 0.2) is 11.6 Å². The van der Waals surface area contributed by atoms with Crippen molar-refractivity contribution in [3.63, 3.8) is 0 Å². The highest BCUT2D eigenvalue weighted by Crippen LogP contribution is 2.26. The van der Waals surface area contributed by atoms with Gasteiger partial charge in [-0.3, -0.25) is 0 Å². The molecule has 6 nitrogen and oxygen atoms in total. The van der Waals surface area contributed by atoms with Crippen LogP contribution in [0.5, 0.6) is 5.75 Å². The summed E-state index contributed by atoms with van der Waals surface area (Å²) in [5.74, 6) is 0.963. The maximum atomic E-state index is 14.7. The third-order valence-corrected chi connectivity index (χ3v) is 6.05. The molecule has 2 heterocycles. The molecular formula is C24H30FN3O3. The lowest BCUT2D eigenvalue weighted by molar-refractivity contribution is 0.0941. The van der Waals surface area contributed by atoms with E-state index in [2.05, 4.69) is 4.98 Å². The third-order valence-electron chi connectivity index (χ3n) is 6.05. The molecule has 1 aromatic heterocycles. The predicted octanol–water partition coefficient (Wildman–Crippen LogP) is 4.64. The van der Waals surface area contributed by atoms with E-state index < -0.39 is 0 Å². The topological polar surface area (TPSA) is 54.9 Å². The fourth-order valence-corrected chi connectivity index (χ4v) is 4.20. The number of amides is 1. The van der Waals surface area contributed by atoms with Gasteiger partial charge < -0.3 is 19.3 Å². The first-order valence-corrected chi connectivity index (χ1v) is 11.2. The molecule has 2 aliphatic rings. The summed E-state index contributed by atoms with van der Waals surface area (Å²) in [7, 11) is 0. The Labute approximate surface area is 183 Å². The zero-order valence-electron chi connectivity index (χ0n) is 17.8. The molecule has 1 amide bonds. The first-order chi connectivity index (χ1) is 15.2. The zero-order valence-corrected chi connectivity index (χ0v) is 17.8. The van der Waals surface area contributed by atoms with E-state index in [0.29, 0.717) is 50.3 Å². The number of rotatable bonds is 6. The van der Waals surface area contributed by atoms with E-state index in [1.54, 1.807) is 11.1 Å². The van der Waals surface area contributed by atoms with Crippen LogP contribution in [-0.2, 0) is 11.3 Å². The molecule has 1 saturated carbocycles. The molecule has 0 N–H and O–H groups in total. The second kappa shape index (κ2) is 10.5. The molecule has 2 fully saturated rings. The minimum absolute atomic E-state index is 0.248. The van der Waals surface area contributed by atoms with Crippen LogP contribution in [-0.4, -0.2) is 48.8 Å². The highest BCUT2D eigenvalue weighted by atomic mass is 19.1. The fourth-order valence-electron chi connectivity index (χ4n) is 4.20. The lowest BCUT2D eigenvalue weighted by Crippen LogP contribution is -2.49. The van der Waals surface area contributed by atoms with Crippen LogP contribution < -0.4 is 9.64 Å². The number of carbonyl (C=O) groups is 1. The first-order valence-electron chi connectivity index (χ1n) is 11.2. The average molecular weight is 428 g/mol. The number of anilines is 1. The molecule has 0 atom stereocenters. The van der Waals surface area contributed by atoms with Gasteiger partial charge in [0.05, 0.1) is 12.8 Å². The number of hydrogen-bond donors (Lipinski definition) is 0. The third kappa shape index (κ3) is 5.87. The number of halogens is 1. The van der Waals surface area contributed by atoms with Crippen LogP contribution in [0.3, 0.4) is 0 Å². The molecule has 1 saturated heterocycles. The van der Waals surface area contributed by atoms with Crippen molar-refractivity contribution in [1.29, 1.82) is 0 Å². The maximum Gasteiger partial charge on any atom is 0.410 e. The number of aromatic nitrogens is 1. The molecule has 7 heteroatoms. The van der Waals surface area contributed by atoms with E-state index in [1.165, 1.54) is 38.2 Å². The number of hydrogen-bond acceptors (Lipinski definition) is 5. The molecule has 0 unspecified atom stereocenters. The number of ether oxygens (including phenoxy) is 2. The van der Waals surface area contributed by atoms with Crippen molar-refractivity contribution in [2.24, 2.45) is 5.92 Å². The number of piperazine rings is 1. The second-order valence-corrected chi connectivity index (χ2v) is 8.31. The zero-order chi connectivity index (χ0) is 21.5. The quantitative estimate of drug-likeness (QED) is 0.672. The van der Waals surface area contributed by atoms with Crippen molar-refractivity contribution in [2.75, 3.05) is 37.7 Å². The largest absolute Gasteiger partial charge is 0.492 e. The lowest BCUT2D eigenvalue weighted by atomic mass is 9.90. The van der Waals surface area contributed by atoms with Crippen LogP contribution in [0.15, 0.2) is 42.6 Å². The second-order valence-electron chi connectivity index (χ2n) is 8.31. The summed E-state index contributed by atoms with van der Waals surface area (Å²) in [5, 5.41) is 0. The Balaban J connectivity index is 1.24. The number of carbonyl (C=O) groups excluding carboxylic acids is 1. The van der Waals surface area contributed by atoms with Gasteiger partial charge in [0.25, 0.3) is 0 Å². The van der Waals surface area contributed by atoms with E-state index >= 15 is 0 Å². The molecule has 0 bridgehead atoms. The number of pyridine rings is 1. The maximum absolute atomic E-state index is 14.7.